The van der Waals surface area contributed by atoms with Crippen molar-refractivity contribution in [1.82, 2.24) is 10.2 Å². The number of amides is 2. The molecule has 2 amide bonds. The van der Waals surface area contributed by atoms with Crippen molar-refractivity contribution in [2.75, 3.05) is 13.1 Å². The van der Waals surface area contributed by atoms with Gasteiger partial charge in [0, 0.05) is 13.0 Å². The summed E-state index contributed by atoms with van der Waals surface area (Å²) in [5.74, 6) is 0.189. The quantitative estimate of drug-likeness (QED) is 0.862. The molecule has 134 valence electrons. The number of rotatable bonds is 5. The first-order chi connectivity index (χ1) is 11.1. The number of furan rings is 1. The van der Waals surface area contributed by atoms with Crippen molar-refractivity contribution >= 4 is 11.8 Å². The van der Waals surface area contributed by atoms with Crippen LogP contribution in [0.15, 0.2) is 22.8 Å². The number of hydrogen-bond donors (Lipinski definition) is 2. The van der Waals surface area contributed by atoms with E-state index in [9.17, 15) is 14.7 Å². The predicted octanol–water partition coefficient (Wildman–Crippen LogP) is 2.03. The summed E-state index contributed by atoms with van der Waals surface area (Å²) in [5.41, 5.74) is -1.39. The average Bonchev–Trinajstić information content (AvgIpc) is 3.13. The lowest BCUT2D eigenvalue weighted by Crippen LogP contribution is -2.49. The van der Waals surface area contributed by atoms with Crippen molar-refractivity contribution in [1.29, 1.82) is 0 Å². The summed E-state index contributed by atoms with van der Waals surface area (Å²) in [4.78, 5) is 26.6. The Balaban J connectivity index is 1.95. The predicted molar refractivity (Wildman–Crippen MR) is 90.1 cm³/mol. The summed E-state index contributed by atoms with van der Waals surface area (Å²) < 4.78 is 5.20. The van der Waals surface area contributed by atoms with Crippen LogP contribution in [0.4, 0.5) is 0 Å². The molecule has 6 heteroatoms. The Labute approximate surface area is 143 Å². The number of nitrogens with one attached hydrogen (secondary N) is 1. The maximum Gasteiger partial charge on any atom is 0.242 e. The number of carbonyl (C=O) groups is 2. The molecule has 0 aromatic carbocycles. The van der Waals surface area contributed by atoms with Gasteiger partial charge in [-0.25, -0.2) is 0 Å². The topological polar surface area (TPSA) is 82.8 Å². The number of aliphatic hydroxyl groups is 1. The van der Waals surface area contributed by atoms with Crippen LogP contribution in [-0.4, -0.2) is 41.0 Å². The molecule has 0 aliphatic carbocycles. The molecule has 1 aromatic heterocycles. The van der Waals surface area contributed by atoms with E-state index in [-0.39, 0.29) is 23.8 Å². The van der Waals surface area contributed by atoms with Crippen molar-refractivity contribution < 1.29 is 19.1 Å². The number of likely N-dealkylation sites (tertiary alicyclic amines) is 1. The summed E-state index contributed by atoms with van der Waals surface area (Å²) in [5, 5.41) is 13.2. The van der Waals surface area contributed by atoms with E-state index < -0.39 is 11.6 Å². The third-order valence-electron chi connectivity index (χ3n) is 4.22. The Hall–Kier alpha value is -1.82. The van der Waals surface area contributed by atoms with Crippen molar-refractivity contribution in [3.05, 3.63) is 24.2 Å². The summed E-state index contributed by atoms with van der Waals surface area (Å²) in [6.07, 6.45) is 3.38. The van der Waals surface area contributed by atoms with Crippen molar-refractivity contribution in [3.8, 4) is 0 Å². The lowest BCUT2D eigenvalue weighted by Gasteiger charge is -2.28. The molecule has 2 N–H and O–H groups in total. The molecule has 2 atom stereocenters. The summed E-state index contributed by atoms with van der Waals surface area (Å²) in [6.45, 7) is 8.27. The smallest absolute Gasteiger partial charge is 0.242 e. The average molecular weight is 336 g/mol. The molecule has 1 aromatic rings. The van der Waals surface area contributed by atoms with Crippen LogP contribution in [0.1, 0.15) is 52.7 Å². The van der Waals surface area contributed by atoms with Gasteiger partial charge >= 0.3 is 0 Å². The van der Waals surface area contributed by atoms with Gasteiger partial charge in [-0.15, -0.1) is 0 Å². The first-order valence-corrected chi connectivity index (χ1v) is 8.44. The summed E-state index contributed by atoms with van der Waals surface area (Å²) in [6, 6.07) is 2.91. The summed E-state index contributed by atoms with van der Waals surface area (Å²) >= 11 is 0. The minimum absolute atomic E-state index is 0.0120. The van der Waals surface area contributed by atoms with Gasteiger partial charge in [0.1, 0.15) is 17.4 Å². The minimum Gasteiger partial charge on any atom is -0.466 e. The molecule has 2 heterocycles. The lowest BCUT2D eigenvalue weighted by molar-refractivity contribution is -0.140. The van der Waals surface area contributed by atoms with Crippen LogP contribution >= 0.6 is 0 Å². The van der Waals surface area contributed by atoms with Crippen LogP contribution in [0.2, 0.25) is 0 Å². The van der Waals surface area contributed by atoms with Crippen LogP contribution in [-0.2, 0) is 15.2 Å². The van der Waals surface area contributed by atoms with Crippen molar-refractivity contribution in [2.45, 2.75) is 58.6 Å². The fraction of sp³-hybridized carbons (Fsp3) is 0.667. The molecule has 1 fully saturated rings. The number of carbonyl (C=O) groups excluding carboxylic acids is 2. The Bertz CT molecular complexity index is 572. The molecular formula is C18H28N2O4. The Morgan fingerprint density at radius 2 is 2.08 bits per heavy atom. The fourth-order valence-electron chi connectivity index (χ4n) is 2.94. The van der Waals surface area contributed by atoms with Crippen molar-refractivity contribution in [2.24, 2.45) is 5.41 Å². The monoisotopic (exact) mass is 336 g/mol. The Morgan fingerprint density at radius 3 is 2.67 bits per heavy atom. The first-order valence-electron chi connectivity index (χ1n) is 8.44. The van der Waals surface area contributed by atoms with E-state index in [1.807, 2.05) is 20.8 Å². The van der Waals surface area contributed by atoms with Crippen LogP contribution < -0.4 is 5.32 Å². The molecular weight excluding hydrogens is 308 g/mol. The molecule has 2 rings (SSSR count). The molecule has 1 aliphatic rings. The van der Waals surface area contributed by atoms with E-state index >= 15 is 0 Å². The maximum absolute atomic E-state index is 12.5. The minimum atomic E-state index is -1.28. The second-order valence-corrected chi connectivity index (χ2v) is 7.95. The van der Waals surface area contributed by atoms with E-state index in [0.29, 0.717) is 25.1 Å². The molecule has 1 aliphatic heterocycles. The van der Waals surface area contributed by atoms with Gasteiger partial charge in [-0.3, -0.25) is 9.59 Å². The van der Waals surface area contributed by atoms with Gasteiger partial charge in [0.2, 0.25) is 11.8 Å². The van der Waals surface area contributed by atoms with E-state index in [4.69, 9.17) is 4.42 Å². The molecule has 6 nitrogen and oxygen atoms in total. The Morgan fingerprint density at radius 1 is 1.38 bits per heavy atom. The summed E-state index contributed by atoms with van der Waals surface area (Å²) in [7, 11) is 0. The normalized spacial score (nSPS) is 20.7. The zero-order valence-corrected chi connectivity index (χ0v) is 15.0. The molecule has 0 bridgehead atoms. The molecule has 0 spiro atoms. The fourth-order valence-corrected chi connectivity index (χ4v) is 2.94. The van der Waals surface area contributed by atoms with Gasteiger partial charge in [-0.05, 0) is 37.3 Å². The largest absolute Gasteiger partial charge is 0.466 e. The molecule has 2 unspecified atom stereocenters. The molecule has 1 saturated heterocycles. The van der Waals surface area contributed by atoms with Gasteiger partial charge in [0.25, 0.3) is 0 Å². The van der Waals surface area contributed by atoms with Gasteiger partial charge in [0.05, 0.1) is 12.8 Å². The Kier molecular flexibility index (Phi) is 5.38. The maximum atomic E-state index is 12.5. The van der Waals surface area contributed by atoms with Crippen molar-refractivity contribution in [3.63, 3.8) is 0 Å². The molecule has 0 saturated carbocycles. The lowest BCUT2D eigenvalue weighted by atomic mass is 9.91. The van der Waals surface area contributed by atoms with Gasteiger partial charge in [-0.2, -0.15) is 0 Å². The first kappa shape index (κ1) is 18.5. The van der Waals surface area contributed by atoms with Gasteiger partial charge < -0.3 is 19.7 Å². The second-order valence-electron chi connectivity index (χ2n) is 7.95. The van der Waals surface area contributed by atoms with Gasteiger partial charge in [-0.1, -0.05) is 20.8 Å². The van der Waals surface area contributed by atoms with E-state index in [1.54, 1.807) is 24.0 Å². The van der Waals surface area contributed by atoms with Crippen LogP contribution in [0.5, 0.6) is 0 Å². The zero-order valence-electron chi connectivity index (χ0n) is 15.0. The number of hydrogen-bond acceptors (Lipinski definition) is 4. The third-order valence-corrected chi connectivity index (χ3v) is 4.22. The van der Waals surface area contributed by atoms with E-state index in [0.717, 1.165) is 6.42 Å². The van der Waals surface area contributed by atoms with Gasteiger partial charge in [0.15, 0.2) is 0 Å². The number of nitrogens with zero attached hydrogens (tertiary/aromatic N) is 1. The van der Waals surface area contributed by atoms with E-state index in [1.165, 1.54) is 6.26 Å². The van der Waals surface area contributed by atoms with E-state index in [2.05, 4.69) is 5.32 Å². The molecule has 24 heavy (non-hydrogen) atoms. The van der Waals surface area contributed by atoms with Crippen LogP contribution in [0.25, 0.3) is 0 Å². The standard InChI is InChI=1S/C18H28N2O4/c1-17(2,3)11-15(21)20-9-5-7-13(20)16(22)19-12-18(4,23)14-8-6-10-24-14/h6,8,10,13,23H,5,7,9,11-12H2,1-4H3,(H,19,22). The molecule has 0 radical (unpaired) electrons. The highest BCUT2D eigenvalue weighted by atomic mass is 16.4. The highest BCUT2D eigenvalue weighted by molar-refractivity contribution is 5.88. The highest BCUT2D eigenvalue weighted by Gasteiger charge is 2.36. The SMILES string of the molecule is CC(C)(C)CC(=O)N1CCCC1C(=O)NCC(C)(O)c1ccco1. The zero-order chi connectivity index (χ0) is 18.0. The third kappa shape index (κ3) is 4.60. The highest BCUT2D eigenvalue weighted by Crippen LogP contribution is 2.25. The second kappa shape index (κ2) is 6.97. The van der Waals surface area contributed by atoms with Crippen LogP contribution in [0, 0.1) is 5.41 Å². The van der Waals surface area contributed by atoms with Crippen LogP contribution in [0.3, 0.4) is 0 Å².